The minimum Gasteiger partial charge on any atom is -0.327 e. The fraction of sp³-hybridized carbons (Fsp3) is 0.529. The fourth-order valence-electron chi connectivity index (χ4n) is 3.68. The van der Waals surface area contributed by atoms with Gasteiger partial charge in [-0.1, -0.05) is 5.16 Å². The highest BCUT2D eigenvalue weighted by Gasteiger charge is 2.36. The summed E-state index contributed by atoms with van der Waals surface area (Å²) in [7, 11) is 1.73. The van der Waals surface area contributed by atoms with Gasteiger partial charge in [0.25, 0.3) is 5.91 Å². The van der Waals surface area contributed by atoms with Crippen molar-refractivity contribution in [2.45, 2.75) is 45.6 Å². The molecule has 9 nitrogen and oxygen atoms in total. The maximum Gasteiger partial charge on any atom is 0.278 e. The van der Waals surface area contributed by atoms with Crippen LogP contribution in [0.1, 0.15) is 58.6 Å². The molecule has 0 spiro atoms. The molecule has 2 aromatic rings. The van der Waals surface area contributed by atoms with Crippen molar-refractivity contribution in [3.63, 3.8) is 0 Å². The van der Waals surface area contributed by atoms with Gasteiger partial charge in [-0.25, -0.2) is 14.6 Å². The monoisotopic (exact) mass is 356 g/mol. The van der Waals surface area contributed by atoms with Gasteiger partial charge in [0.1, 0.15) is 11.5 Å². The van der Waals surface area contributed by atoms with Crippen LogP contribution in [0.15, 0.2) is 4.63 Å². The second-order valence-electron chi connectivity index (χ2n) is 6.78. The number of carbonyl (C=O) groups is 2. The van der Waals surface area contributed by atoms with Gasteiger partial charge < -0.3 is 4.90 Å². The van der Waals surface area contributed by atoms with Gasteiger partial charge >= 0.3 is 0 Å². The number of hydrogen-bond donors (Lipinski definition) is 0. The third kappa shape index (κ3) is 2.54. The molecule has 2 aromatic heterocycles. The Labute approximate surface area is 150 Å². The van der Waals surface area contributed by atoms with Gasteiger partial charge in [0, 0.05) is 31.3 Å². The molecular weight excluding hydrogens is 336 g/mol. The normalized spacial score (nSPS) is 19.8. The molecule has 2 aliphatic heterocycles. The first-order valence-corrected chi connectivity index (χ1v) is 8.71. The maximum atomic E-state index is 12.8. The summed E-state index contributed by atoms with van der Waals surface area (Å²) in [6, 6.07) is -0.243. The van der Waals surface area contributed by atoms with Crippen molar-refractivity contribution in [2.75, 3.05) is 18.5 Å². The zero-order chi connectivity index (χ0) is 18.4. The average molecular weight is 356 g/mol. The molecule has 2 amide bonds. The Morgan fingerprint density at radius 2 is 1.96 bits per heavy atom. The van der Waals surface area contributed by atoms with Gasteiger partial charge in [-0.15, -0.1) is 0 Å². The van der Waals surface area contributed by atoms with Gasteiger partial charge in [-0.2, -0.15) is 0 Å². The highest BCUT2D eigenvalue weighted by molar-refractivity contribution is 5.95. The maximum absolute atomic E-state index is 12.8. The van der Waals surface area contributed by atoms with Crippen LogP contribution in [0.3, 0.4) is 0 Å². The predicted molar refractivity (Wildman–Crippen MR) is 90.5 cm³/mol. The number of carbonyl (C=O) groups excluding carboxylic acids is 2. The van der Waals surface area contributed by atoms with Crippen LogP contribution in [0.2, 0.25) is 0 Å². The Morgan fingerprint density at radius 3 is 2.69 bits per heavy atom. The van der Waals surface area contributed by atoms with Crippen molar-refractivity contribution in [3.8, 4) is 0 Å². The lowest BCUT2D eigenvalue weighted by Gasteiger charge is -2.28. The molecule has 1 atom stereocenters. The lowest BCUT2D eigenvalue weighted by Crippen LogP contribution is -2.35. The first kappa shape index (κ1) is 16.6. The molecule has 136 valence electrons. The van der Waals surface area contributed by atoms with E-state index in [-0.39, 0.29) is 23.6 Å². The second kappa shape index (κ2) is 6.15. The number of rotatable bonds is 2. The van der Waals surface area contributed by atoms with E-state index in [0.717, 1.165) is 24.1 Å². The third-order valence-corrected chi connectivity index (χ3v) is 5.16. The molecule has 4 rings (SSSR count). The first-order valence-electron chi connectivity index (χ1n) is 8.71. The first-order chi connectivity index (χ1) is 12.5. The summed E-state index contributed by atoms with van der Waals surface area (Å²) in [6.45, 7) is 4.22. The van der Waals surface area contributed by atoms with E-state index in [1.54, 1.807) is 23.8 Å². The van der Waals surface area contributed by atoms with Gasteiger partial charge in [0.15, 0.2) is 11.5 Å². The van der Waals surface area contributed by atoms with Crippen LogP contribution >= 0.6 is 0 Å². The molecule has 0 aromatic carbocycles. The van der Waals surface area contributed by atoms with Crippen LogP contribution in [0.25, 0.3) is 0 Å². The van der Waals surface area contributed by atoms with E-state index in [0.29, 0.717) is 36.7 Å². The van der Waals surface area contributed by atoms with E-state index in [1.165, 1.54) is 0 Å². The summed E-state index contributed by atoms with van der Waals surface area (Å²) >= 11 is 0. The predicted octanol–water partition coefficient (Wildman–Crippen LogP) is 1.36. The number of amides is 2. The Hall–Kier alpha value is -2.84. The zero-order valence-electron chi connectivity index (χ0n) is 15.0. The van der Waals surface area contributed by atoms with Crippen LogP contribution in [0.5, 0.6) is 0 Å². The summed E-state index contributed by atoms with van der Waals surface area (Å²) in [5.41, 5.74) is 2.55. The largest absolute Gasteiger partial charge is 0.327 e. The van der Waals surface area contributed by atoms with E-state index < -0.39 is 0 Å². The number of anilines is 1. The number of hydrogen-bond acceptors (Lipinski definition) is 7. The molecule has 26 heavy (non-hydrogen) atoms. The van der Waals surface area contributed by atoms with Crippen LogP contribution in [-0.2, 0) is 11.2 Å². The summed E-state index contributed by atoms with van der Waals surface area (Å²) in [6.07, 6.45) is 2.75. The average Bonchev–Trinajstić information content (AvgIpc) is 3.26. The fourth-order valence-corrected chi connectivity index (χ4v) is 3.68. The smallest absolute Gasteiger partial charge is 0.278 e. The van der Waals surface area contributed by atoms with Crippen LogP contribution < -0.4 is 4.90 Å². The molecule has 0 saturated carbocycles. The van der Waals surface area contributed by atoms with E-state index in [2.05, 4.69) is 24.9 Å². The number of aryl methyl sites for hydroxylation is 2. The van der Waals surface area contributed by atoms with E-state index in [9.17, 15) is 9.59 Å². The number of aromatic nitrogens is 4. The van der Waals surface area contributed by atoms with E-state index in [1.807, 2.05) is 6.92 Å². The minimum atomic E-state index is -0.243. The molecule has 1 saturated heterocycles. The van der Waals surface area contributed by atoms with E-state index >= 15 is 0 Å². The molecule has 0 bridgehead atoms. The number of likely N-dealkylation sites (tertiary alicyclic amines) is 1. The Morgan fingerprint density at radius 1 is 1.15 bits per heavy atom. The molecule has 2 aliphatic rings. The standard InChI is InChI=1S/C17H20N6O3/c1-9-11-6-7-13(24)22(3)16(11)19-15(18-9)12-5-4-8-23(12)17(25)14-10(2)20-26-21-14/h12H,4-8H2,1-3H3/t12-/m1/s1. The molecule has 0 aliphatic carbocycles. The SMILES string of the molecule is Cc1nonc1C(=O)N1CCC[C@@H]1c1nc(C)c2c(n1)N(C)C(=O)CC2. The summed E-state index contributed by atoms with van der Waals surface area (Å²) < 4.78 is 4.66. The van der Waals surface area contributed by atoms with Gasteiger partial charge in [-0.05, 0) is 38.3 Å². The molecular formula is C17H20N6O3. The molecule has 0 unspecified atom stereocenters. The minimum absolute atomic E-state index is 0.0465. The lowest BCUT2D eigenvalue weighted by atomic mass is 10.0. The van der Waals surface area contributed by atoms with Crippen molar-refractivity contribution in [1.82, 2.24) is 25.2 Å². The quantitative estimate of drug-likeness (QED) is 0.800. The molecule has 9 heteroatoms. The zero-order valence-corrected chi connectivity index (χ0v) is 15.0. The van der Waals surface area contributed by atoms with Crippen LogP contribution in [0, 0.1) is 13.8 Å². The van der Waals surface area contributed by atoms with Gasteiger partial charge in [0.2, 0.25) is 5.91 Å². The van der Waals surface area contributed by atoms with Crippen molar-refractivity contribution >= 4 is 17.6 Å². The highest BCUT2D eigenvalue weighted by atomic mass is 16.6. The summed E-state index contributed by atoms with van der Waals surface area (Å²) in [4.78, 5) is 37.5. The Bertz CT molecular complexity index is 893. The number of nitrogens with zero attached hydrogens (tertiary/aromatic N) is 6. The molecule has 4 heterocycles. The molecule has 0 radical (unpaired) electrons. The van der Waals surface area contributed by atoms with Crippen molar-refractivity contribution in [1.29, 1.82) is 0 Å². The van der Waals surface area contributed by atoms with Crippen molar-refractivity contribution in [2.24, 2.45) is 0 Å². The van der Waals surface area contributed by atoms with Gasteiger partial charge in [0.05, 0.1) is 6.04 Å². The van der Waals surface area contributed by atoms with Crippen molar-refractivity contribution < 1.29 is 14.2 Å². The summed E-state index contributed by atoms with van der Waals surface area (Å²) in [5.74, 6) is 1.05. The van der Waals surface area contributed by atoms with Gasteiger partial charge in [-0.3, -0.25) is 14.5 Å². The van der Waals surface area contributed by atoms with Crippen molar-refractivity contribution in [3.05, 3.63) is 28.5 Å². The molecule has 1 fully saturated rings. The topological polar surface area (TPSA) is 105 Å². The Kier molecular flexibility index (Phi) is 3.93. The highest BCUT2D eigenvalue weighted by Crippen LogP contribution is 2.34. The second-order valence-corrected chi connectivity index (χ2v) is 6.78. The third-order valence-electron chi connectivity index (χ3n) is 5.16. The number of fused-ring (bicyclic) bond motifs is 1. The molecule has 0 N–H and O–H groups in total. The van der Waals surface area contributed by atoms with Crippen LogP contribution in [0.4, 0.5) is 5.82 Å². The lowest BCUT2D eigenvalue weighted by molar-refractivity contribution is -0.118. The van der Waals surface area contributed by atoms with E-state index in [4.69, 9.17) is 0 Å². The van der Waals surface area contributed by atoms with Crippen LogP contribution in [-0.4, -0.2) is 50.6 Å². The Balaban J connectivity index is 1.71. The summed E-state index contributed by atoms with van der Waals surface area (Å²) in [5, 5.41) is 7.42.